The minimum absolute atomic E-state index is 0.0104. The first-order valence-corrected chi connectivity index (χ1v) is 7.16. The van der Waals surface area contributed by atoms with Crippen molar-refractivity contribution in [1.82, 2.24) is 0 Å². The van der Waals surface area contributed by atoms with Gasteiger partial charge in [-0.2, -0.15) is 0 Å². The molecule has 0 unspecified atom stereocenters. The maximum Gasteiger partial charge on any atom is 0.228 e. The quantitative estimate of drug-likeness (QED) is 0.606. The zero-order chi connectivity index (χ0) is 16.8. The summed E-state index contributed by atoms with van der Waals surface area (Å²) in [5, 5.41) is 18.3. The van der Waals surface area contributed by atoms with E-state index in [0.717, 1.165) is 0 Å². The van der Waals surface area contributed by atoms with Crippen molar-refractivity contribution in [3.05, 3.63) is 59.7 Å². The normalized spacial score (nSPS) is 10.3. The summed E-state index contributed by atoms with van der Waals surface area (Å²) in [6, 6.07) is 11.3. The molecule has 2 N–H and O–H groups in total. The smallest absolute Gasteiger partial charge is 0.228 e. The molecule has 0 spiro atoms. The lowest BCUT2D eigenvalue weighted by atomic mass is 10.0. The van der Waals surface area contributed by atoms with Crippen LogP contribution in [0.15, 0.2) is 48.5 Å². The average molecular weight is 312 g/mol. The van der Waals surface area contributed by atoms with E-state index in [4.69, 9.17) is 10.2 Å². The molecule has 0 saturated heterocycles. The van der Waals surface area contributed by atoms with E-state index >= 15 is 0 Å². The summed E-state index contributed by atoms with van der Waals surface area (Å²) in [7, 11) is 0. The number of hydrogen-bond donors (Lipinski definition) is 2. The van der Waals surface area contributed by atoms with Gasteiger partial charge in [-0.1, -0.05) is 0 Å². The van der Waals surface area contributed by atoms with Crippen molar-refractivity contribution in [2.24, 2.45) is 0 Å². The first-order chi connectivity index (χ1) is 11.0. The number of aromatic hydroxyl groups is 2. The summed E-state index contributed by atoms with van der Waals surface area (Å²) in [6.07, 6.45) is 0.422. The van der Waals surface area contributed by atoms with Gasteiger partial charge in [0.1, 0.15) is 11.5 Å². The summed E-state index contributed by atoms with van der Waals surface area (Å²) in [5.74, 6) is -1.23. The van der Waals surface area contributed by atoms with E-state index in [-0.39, 0.29) is 42.1 Å². The molecule has 0 aliphatic rings. The molecule has 5 heteroatoms. The maximum absolute atomic E-state index is 11.9. The lowest BCUT2D eigenvalue weighted by Gasteiger charge is -2.02. The molecule has 0 radical (unpaired) electrons. The van der Waals surface area contributed by atoms with Crippen LogP contribution in [-0.4, -0.2) is 27.6 Å². The molecule has 2 aromatic rings. The van der Waals surface area contributed by atoms with Gasteiger partial charge in [0.2, 0.25) is 11.6 Å². The van der Waals surface area contributed by atoms with Gasteiger partial charge < -0.3 is 10.2 Å². The maximum atomic E-state index is 11.9. The zero-order valence-corrected chi connectivity index (χ0v) is 12.4. The van der Waals surface area contributed by atoms with Crippen molar-refractivity contribution >= 4 is 17.3 Å². The minimum Gasteiger partial charge on any atom is -0.508 e. The van der Waals surface area contributed by atoms with Crippen molar-refractivity contribution in [3.8, 4) is 11.5 Å². The van der Waals surface area contributed by atoms with E-state index in [9.17, 15) is 14.4 Å². The van der Waals surface area contributed by atoms with Crippen LogP contribution in [0.25, 0.3) is 0 Å². The molecule has 23 heavy (non-hydrogen) atoms. The van der Waals surface area contributed by atoms with E-state index in [1.807, 2.05) is 0 Å². The third-order valence-corrected chi connectivity index (χ3v) is 3.38. The molecule has 0 amide bonds. The third-order valence-electron chi connectivity index (χ3n) is 3.38. The van der Waals surface area contributed by atoms with Gasteiger partial charge >= 0.3 is 0 Å². The van der Waals surface area contributed by atoms with Crippen LogP contribution in [0.3, 0.4) is 0 Å². The predicted molar refractivity (Wildman–Crippen MR) is 83.7 cm³/mol. The zero-order valence-electron chi connectivity index (χ0n) is 12.4. The van der Waals surface area contributed by atoms with E-state index in [2.05, 4.69) is 0 Å². The Kier molecular flexibility index (Phi) is 5.25. The highest BCUT2D eigenvalue weighted by Crippen LogP contribution is 2.14. The van der Waals surface area contributed by atoms with Crippen molar-refractivity contribution in [1.29, 1.82) is 0 Å². The second kappa shape index (κ2) is 7.35. The van der Waals surface area contributed by atoms with E-state index < -0.39 is 11.6 Å². The first-order valence-electron chi connectivity index (χ1n) is 7.16. The van der Waals surface area contributed by atoms with Gasteiger partial charge in [-0.15, -0.1) is 0 Å². The average Bonchev–Trinajstić information content (AvgIpc) is 2.55. The highest BCUT2D eigenvalue weighted by Gasteiger charge is 2.16. The Morgan fingerprint density at radius 1 is 0.696 bits per heavy atom. The summed E-state index contributed by atoms with van der Waals surface area (Å²) < 4.78 is 0. The Morgan fingerprint density at radius 3 is 1.70 bits per heavy atom. The van der Waals surface area contributed by atoms with Gasteiger partial charge in [0, 0.05) is 24.0 Å². The molecule has 0 atom stereocenters. The number of carbonyl (C=O) groups excluding carboxylic acids is 3. The van der Waals surface area contributed by atoms with Gasteiger partial charge in [0.15, 0.2) is 5.78 Å². The number of phenolic OH excluding ortho intramolecular Hbond substituents is 2. The number of benzene rings is 2. The van der Waals surface area contributed by atoms with Gasteiger partial charge in [-0.3, -0.25) is 14.4 Å². The molecular formula is C18H16O5. The minimum atomic E-state index is -0.623. The summed E-state index contributed by atoms with van der Waals surface area (Å²) in [4.78, 5) is 35.6. The molecule has 0 aliphatic heterocycles. The fourth-order valence-corrected chi connectivity index (χ4v) is 2.09. The predicted octanol–water partition coefficient (Wildman–Crippen LogP) is 2.90. The molecule has 2 aromatic carbocycles. The molecule has 118 valence electrons. The van der Waals surface area contributed by atoms with Gasteiger partial charge in [0.25, 0.3) is 0 Å². The molecule has 0 aliphatic carbocycles. The van der Waals surface area contributed by atoms with Crippen LogP contribution in [0.2, 0.25) is 0 Å². The molecule has 0 heterocycles. The van der Waals surface area contributed by atoms with Crippen molar-refractivity contribution in [2.45, 2.75) is 19.3 Å². The number of phenols is 2. The van der Waals surface area contributed by atoms with Crippen molar-refractivity contribution < 1.29 is 24.6 Å². The highest BCUT2D eigenvalue weighted by atomic mass is 16.3. The lowest BCUT2D eigenvalue weighted by molar-refractivity contribution is -0.115. The summed E-state index contributed by atoms with van der Waals surface area (Å²) in [5.41, 5.74) is 0.678. The molecule has 0 saturated carbocycles. The molecule has 0 aromatic heterocycles. The van der Waals surface area contributed by atoms with Crippen LogP contribution in [-0.2, 0) is 4.79 Å². The molecular weight excluding hydrogens is 296 g/mol. The fraction of sp³-hybridized carbons (Fsp3) is 0.167. The van der Waals surface area contributed by atoms with Crippen molar-refractivity contribution in [3.63, 3.8) is 0 Å². The van der Waals surface area contributed by atoms with Crippen LogP contribution in [0.5, 0.6) is 11.5 Å². The number of ketones is 3. The standard InChI is InChI=1S/C18H16O5/c19-14-8-4-12(5-9-14)16(21)2-1-3-17(22)18(23)13-6-10-15(20)11-7-13/h4-11,19-20H,1-3H2. The second-order valence-electron chi connectivity index (χ2n) is 5.12. The van der Waals surface area contributed by atoms with Gasteiger partial charge in [-0.05, 0) is 55.0 Å². The Hall–Kier alpha value is -2.95. The van der Waals surface area contributed by atoms with Crippen LogP contribution in [0.1, 0.15) is 40.0 Å². The summed E-state index contributed by atoms with van der Waals surface area (Å²) in [6.45, 7) is 0. The van der Waals surface area contributed by atoms with Crippen LogP contribution in [0.4, 0.5) is 0 Å². The molecule has 5 nitrogen and oxygen atoms in total. The number of carbonyl (C=O) groups is 3. The second-order valence-corrected chi connectivity index (χ2v) is 5.12. The van der Waals surface area contributed by atoms with E-state index in [1.54, 1.807) is 0 Å². The van der Waals surface area contributed by atoms with Crippen LogP contribution >= 0.6 is 0 Å². The van der Waals surface area contributed by atoms with Gasteiger partial charge in [-0.25, -0.2) is 0 Å². The van der Waals surface area contributed by atoms with Gasteiger partial charge in [0.05, 0.1) is 0 Å². The van der Waals surface area contributed by atoms with E-state index in [1.165, 1.54) is 48.5 Å². The largest absolute Gasteiger partial charge is 0.508 e. The van der Waals surface area contributed by atoms with E-state index in [0.29, 0.717) is 5.56 Å². The topological polar surface area (TPSA) is 91.7 Å². The Balaban J connectivity index is 1.84. The first kappa shape index (κ1) is 16.4. The molecule has 0 fully saturated rings. The highest BCUT2D eigenvalue weighted by molar-refractivity contribution is 6.43. The number of Topliss-reactive ketones (excluding diaryl/α,β-unsaturated/α-hetero) is 3. The Bertz CT molecular complexity index is 714. The molecule has 2 rings (SSSR count). The Labute approximate surface area is 133 Å². The lowest BCUT2D eigenvalue weighted by Crippen LogP contribution is -2.14. The third kappa shape index (κ3) is 4.51. The van der Waals surface area contributed by atoms with Crippen molar-refractivity contribution in [2.75, 3.05) is 0 Å². The monoisotopic (exact) mass is 312 g/mol. The number of rotatable bonds is 7. The number of hydrogen-bond acceptors (Lipinski definition) is 5. The van der Waals surface area contributed by atoms with Crippen LogP contribution < -0.4 is 0 Å². The molecule has 0 bridgehead atoms. The Morgan fingerprint density at radius 2 is 1.17 bits per heavy atom. The fourth-order valence-electron chi connectivity index (χ4n) is 2.09. The SMILES string of the molecule is O=C(CCCC(=O)c1ccc(O)cc1)C(=O)c1ccc(O)cc1. The summed E-state index contributed by atoms with van der Waals surface area (Å²) >= 11 is 0. The van der Waals surface area contributed by atoms with Crippen LogP contribution in [0, 0.1) is 0 Å².